The fraction of sp³-hybridized carbons (Fsp3) is 0.429. The summed E-state index contributed by atoms with van der Waals surface area (Å²) in [5.41, 5.74) is 1.22. The van der Waals surface area contributed by atoms with Gasteiger partial charge in [0, 0.05) is 19.2 Å². The van der Waals surface area contributed by atoms with Gasteiger partial charge in [0.2, 0.25) is 0 Å². The molecule has 0 saturated heterocycles. The smallest absolute Gasteiger partial charge is 0.141 e. The van der Waals surface area contributed by atoms with Crippen LogP contribution in [-0.2, 0) is 25.5 Å². The first-order chi connectivity index (χ1) is 8.92. The van der Waals surface area contributed by atoms with Gasteiger partial charge in [0.25, 0.3) is 0 Å². The molecule has 0 spiro atoms. The maximum Gasteiger partial charge on any atom is 0.141 e. The van der Waals surface area contributed by atoms with Crippen LogP contribution in [0.2, 0.25) is 0 Å². The molecule has 0 amide bonds. The van der Waals surface area contributed by atoms with Gasteiger partial charge in [-0.15, -0.1) is 0 Å². The van der Waals surface area contributed by atoms with Gasteiger partial charge in [-0.1, -0.05) is 6.92 Å². The van der Waals surface area contributed by atoms with E-state index in [4.69, 9.17) is 0 Å². The van der Waals surface area contributed by atoms with E-state index in [1.807, 2.05) is 20.0 Å². The van der Waals surface area contributed by atoms with Crippen molar-refractivity contribution in [2.45, 2.75) is 32.3 Å². The van der Waals surface area contributed by atoms with E-state index < -0.39 is 11.4 Å². The molecule has 4 nitrogen and oxygen atoms in total. The molecule has 1 atom stereocenters. The molecule has 0 aliphatic rings. The highest BCUT2D eigenvalue weighted by atomic mass is 19.1. The molecular formula is C14H18FN3O. The summed E-state index contributed by atoms with van der Waals surface area (Å²) < 4.78 is 14.6. The van der Waals surface area contributed by atoms with Crippen molar-refractivity contribution < 1.29 is 9.50 Å². The number of rotatable bonds is 4. The molecule has 0 aliphatic heterocycles. The maximum absolute atomic E-state index is 12.9. The van der Waals surface area contributed by atoms with Crippen molar-refractivity contribution >= 4 is 0 Å². The van der Waals surface area contributed by atoms with E-state index in [0.717, 1.165) is 24.0 Å². The Bertz CT molecular complexity index is 561. The maximum atomic E-state index is 12.9. The van der Waals surface area contributed by atoms with Crippen LogP contribution in [-0.4, -0.2) is 19.9 Å². The Morgan fingerprint density at radius 1 is 1.42 bits per heavy atom. The lowest BCUT2D eigenvalue weighted by molar-refractivity contribution is 0.0509. The number of nitrogens with zero attached hydrogens (tertiary/aromatic N) is 3. The lowest BCUT2D eigenvalue weighted by Crippen LogP contribution is -2.26. The number of aryl methyl sites for hydroxylation is 2. The Kier molecular flexibility index (Phi) is 3.66. The Balaban J connectivity index is 2.24. The standard InChI is InChI=1S/C14H18FN3O/c1-4-11-7-12(18(3)17-11)8-14(2,19)13-6-5-10(15)9-16-13/h5-7,9,19H,4,8H2,1-3H3. The van der Waals surface area contributed by atoms with E-state index in [2.05, 4.69) is 10.1 Å². The minimum absolute atomic E-state index is 0.384. The molecule has 0 aliphatic carbocycles. The first-order valence-electron chi connectivity index (χ1n) is 6.28. The summed E-state index contributed by atoms with van der Waals surface area (Å²) in [6.45, 7) is 3.71. The molecule has 19 heavy (non-hydrogen) atoms. The number of hydrogen-bond donors (Lipinski definition) is 1. The molecule has 102 valence electrons. The summed E-state index contributed by atoms with van der Waals surface area (Å²) in [5.74, 6) is -0.409. The largest absolute Gasteiger partial charge is 0.383 e. The van der Waals surface area contributed by atoms with Crippen molar-refractivity contribution in [2.24, 2.45) is 7.05 Å². The van der Waals surface area contributed by atoms with Crippen LogP contribution in [0.3, 0.4) is 0 Å². The summed E-state index contributed by atoms with van der Waals surface area (Å²) in [5, 5.41) is 14.9. The second-order valence-corrected chi connectivity index (χ2v) is 4.92. The average molecular weight is 263 g/mol. The van der Waals surface area contributed by atoms with Crippen LogP contribution in [0.4, 0.5) is 4.39 Å². The normalized spacial score (nSPS) is 14.4. The van der Waals surface area contributed by atoms with Crippen LogP contribution < -0.4 is 0 Å². The Morgan fingerprint density at radius 2 is 2.16 bits per heavy atom. The van der Waals surface area contributed by atoms with Gasteiger partial charge in [-0.3, -0.25) is 9.67 Å². The molecule has 0 aromatic carbocycles. The van der Waals surface area contributed by atoms with Crippen molar-refractivity contribution in [3.8, 4) is 0 Å². The van der Waals surface area contributed by atoms with E-state index in [-0.39, 0.29) is 0 Å². The molecule has 0 radical (unpaired) electrons. The lowest BCUT2D eigenvalue weighted by Gasteiger charge is -2.22. The Labute approximate surface area is 111 Å². The molecule has 2 aromatic rings. The minimum atomic E-state index is -1.15. The lowest BCUT2D eigenvalue weighted by atomic mass is 9.95. The molecule has 1 unspecified atom stereocenters. The van der Waals surface area contributed by atoms with Crippen LogP contribution >= 0.6 is 0 Å². The van der Waals surface area contributed by atoms with Crippen LogP contribution in [0, 0.1) is 5.82 Å². The highest BCUT2D eigenvalue weighted by Crippen LogP contribution is 2.24. The van der Waals surface area contributed by atoms with Crippen molar-refractivity contribution in [1.29, 1.82) is 0 Å². The average Bonchev–Trinajstić information content (AvgIpc) is 2.70. The monoisotopic (exact) mass is 263 g/mol. The first kappa shape index (κ1) is 13.7. The van der Waals surface area contributed by atoms with E-state index >= 15 is 0 Å². The van der Waals surface area contributed by atoms with Crippen LogP contribution in [0.25, 0.3) is 0 Å². The Hall–Kier alpha value is -1.75. The zero-order valence-corrected chi connectivity index (χ0v) is 11.4. The first-order valence-corrected chi connectivity index (χ1v) is 6.28. The van der Waals surface area contributed by atoms with Crippen molar-refractivity contribution in [3.63, 3.8) is 0 Å². The molecule has 5 heteroatoms. The molecule has 1 N–H and O–H groups in total. The molecule has 0 fully saturated rings. The molecule has 2 aromatic heterocycles. The quantitative estimate of drug-likeness (QED) is 0.917. The van der Waals surface area contributed by atoms with Gasteiger partial charge in [0.1, 0.15) is 11.4 Å². The summed E-state index contributed by atoms with van der Waals surface area (Å²) in [4.78, 5) is 3.95. The topological polar surface area (TPSA) is 50.9 Å². The van der Waals surface area contributed by atoms with Gasteiger partial charge >= 0.3 is 0 Å². The van der Waals surface area contributed by atoms with Crippen molar-refractivity contribution in [2.75, 3.05) is 0 Å². The van der Waals surface area contributed by atoms with Gasteiger partial charge < -0.3 is 5.11 Å². The summed E-state index contributed by atoms with van der Waals surface area (Å²) in [7, 11) is 1.85. The predicted octanol–water partition coefficient (Wildman–Crippen LogP) is 1.97. The van der Waals surface area contributed by atoms with E-state index in [1.165, 1.54) is 12.1 Å². The third kappa shape index (κ3) is 2.98. The molecular weight excluding hydrogens is 245 g/mol. The van der Waals surface area contributed by atoms with Gasteiger partial charge in [0.05, 0.1) is 17.6 Å². The van der Waals surface area contributed by atoms with Crippen molar-refractivity contribution in [1.82, 2.24) is 14.8 Å². The van der Waals surface area contributed by atoms with Gasteiger partial charge in [-0.25, -0.2) is 4.39 Å². The number of aromatic nitrogens is 3. The fourth-order valence-electron chi connectivity index (χ4n) is 2.05. The van der Waals surface area contributed by atoms with Crippen LogP contribution in [0.5, 0.6) is 0 Å². The van der Waals surface area contributed by atoms with Crippen LogP contribution in [0.1, 0.15) is 30.9 Å². The zero-order chi connectivity index (χ0) is 14.0. The third-order valence-electron chi connectivity index (χ3n) is 3.19. The molecule has 2 heterocycles. The summed E-state index contributed by atoms with van der Waals surface area (Å²) in [6, 6.07) is 4.78. The molecule has 0 saturated carbocycles. The van der Waals surface area contributed by atoms with Gasteiger partial charge in [-0.2, -0.15) is 5.10 Å². The van der Waals surface area contributed by atoms with E-state index in [0.29, 0.717) is 12.1 Å². The van der Waals surface area contributed by atoms with E-state index in [9.17, 15) is 9.50 Å². The number of pyridine rings is 1. The summed E-state index contributed by atoms with van der Waals surface area (Å²) in [6.07, 6.45) is 2.35. The Morgan fingerprint density at radius 3 is 2.68 bits per heavy atom. The number of halogens is 1. The zero-order valence-electron chi connectivity index (χ0n) is 11.4. The SMILES string of the molecule is CCc1cc(CC(C)(O)c2ccc(F)cn2)n(C)n1. The number of aliphatic hydroxyl groups is 1. The highest BCUT2D eigenvalue weighted by Gasteiger charge is 2.26. The predicted molar refractivity (Wildman–Crippen MR) is 70.1 cm³/mol. The number of hydrogen-bond acceptors (Lipinski definition) is 3. The second kappa shape index (κ2) is 5.09. The summed E-state index contributed by atoms with van der Waals surface area (Å²) >= 11 is 0. The van der Waals surface area contributed by atoms with E-state index in [1.54, 1.807) is 11.6 Å². The molecule has 0 bridgehead atoms. The molecule has 2 rings (SSSR count). The van der Waals surface area contributed by atoms with Crippen molar-refractivity contribution in [3.05, 3.63) is 47.3 Å². The second-order valence-electron chi connectivity index (χ2n) is 4.92. The van der Waals surface area contributed by atoms with Gasteiger partial charge in [-0.05, 0) is 31.5 Å². The third-order valence-corrected chi connectivity index (χ3v) is 3.19. The fourth-order valence-corrected chi connectivity index (χ4v) is 2.05. The highest BCUT2D eigenvalue weighted by molar-refractivity contribution is 5.19. The van der Waals surface area contributed by atoms with Gasteiger partial charge in [0.15, 0.2) is 0 Å². The minimum Gasteiger partial charge on any atom is -0.383 e. The van der Waals surface area contributed by atoms with Crippen LogP contribution in [0.15, 0.2) is 24.4 Å².